The molecule has 6 heteroatoms. The van der Waals surface area contributed by atoms with Gasteiger partial charge in [-0.1, -0.05) is 29.8 Å². The second-order valence-corrected chi connectivity index (χ2v) is 6.87. The molecule has 1 aromatic heterocycles. The highest BCUT2D eigenvalue weighted by molar-refractivity contribution is 7.13. The number of hydrogen-bond donors (Lipinski definition) is 1. The van der Waals surface area contributed by atoms with Crippen molar-refractivity contribution < 1.29 is 14.7 Å². The Hall–Kier alpha value is -2.21. The fourth-order valence-corrected chi connectivity index (χ4v) is 3.19. The van der Waals surface area contributed by atoms with Crippen LogP contribution in [0.15, 0.2) is 29.6 Å². The molecule has 0 bridgehead atoms. The summed E-state index contributed by atoms with van der Waals surface area (Å²) in [6.07, 6.45) is 0.149. The number of nitrogens with zero attached hydrogens (tertiary/aromatic N) is 2. The second-order valence-electron chi connectivity index (χ2n) is 6.01. The zero-order valence-electron chi connectivity index (χ0n) is 14.2. The van der Waals surface area contributed by atoms with E-state index in [4.69, 9.17) is 5.11 Å². The van der Waals surface area contributed by atoms with Crippen molar-refractivity contribution in [3.63, 3.8) is 0 Å². The SMILES string of the molecule is Cc1ccc(-c2nc(CC(=O)N(CCC(=O)O)C(C)C)cs2)cc1. The van der Waals surface area contributed by atoms with Crippen molar-refractivity contribution in [3.8, 4) is 10.6 Å². The third-order valence-electron chi connectivity index (χ3n) is 3.69. The third kappa shape index (κ3) is 4.89. The molecule has 1 heterocycles. The van der Waals surface area contributed by atoms with Crippen LogP contribution in [0.3, 0.4) is 0 Å². The van der Waals surface area contributed by atoms with E-state index in [2.05, 4.69) is 4.98 Å². The number of carboxylic acid groups (broad SMARTS) is 1. The van der Waals surface area contributed by atoms with E-state index in [1.54, 1.807) is 4.90 Å². The van der Waals surface area contributed by atoms with Crippen molar-refractivity contribution in [2.24, 2.45) is 0 Å². The highest BCUT2D eigenvalue weighted by Crippen LogP contribution is 2.24. The van der Waals surface area contributed by atoms with Gasteiger partial charge in [0.15, 0.2) is 0 Å². The Labute approximate surface area is 146 Å². The van der Waals surface area contributed by atoms with Crippen LogP contribution in [0, 0.1) is 6.92 Å². The van der Waals surface area contributed by atoms with Crippen molar-refractivity contribution in [2.45, 2.75) is 39.7 Å². The lowest BCUT2D eigenvalue weighted by molar-refractivity contribution is -0.139. The van der Waals surface area contributed by atoms with Gasteiger partial charge in [-0.05, 0) is 20.8 Å². The van der Waals surface area contributed by atoms with Gasteiger partial charge in [-0.2, -0.15) is 0 Å². The first kappa shape index (κ1) is 18.1. The summed E-state index contributed by atoms with van der Waals surface area (Å²) in [5.74, 6) is -0.990. The monoisotopic (exact) mass is 346 g/mol. The predicted octanol–water partition coefficient (Wildman–Crippen LogP) is 3.37. The second kappa shape index (κ2) is 8.06. The number of amides is 1. The highest BCUT2D eigenvalue weighted by Gasteiger charge is 2.19. The predicted molar refractivity (Wildman–Crippen MR) is 95.1 cm³/mol. The lowest BCUT2D eigenvalue weighted by atomic mass is 10.1. The zero-order chi connectivity index (χ0) is 17.7. The van der Waals surface area contributed by atoms with Crippen LogP contribution in [0.25, 0.3) is 10.6 Å². The molecule has 0 aliphatic rings. The minimum absolute atomic E-state index is 0.0351. The zero-order valence-corrected chi connectivity index (χ0v) is 15.0. The van der Waals surface area contributed by atoms with E-state index in [-0.39, 0.29) is 31.3 Å². The molecular weight excluding hydrogens is 324 g/mol. The maximum atomic E-state index is 12.5. The maximum Gasteiger partial charge on any atom is 0.305 e. The van der Waals surface area contributed by atoms with Crippen LogP contribution >= 0.6 is 11.3 Å². The van der Waals surface area contributed by atoms with E-state index in [0.29, 0.717) is 0 Å². The third-order valence-corrected chi connectivity index (χ3v) is 4.63. The molecule has 1 N–H and O–H groups in total. The van der Waals surface area contributed by atoms with Crippen LogP contribution < -0.4 is 0 Å². The summed E-state index contributed by atoms with van der Waals surface area (Å²) < 4.78 is 0. The number of benzene rings is 1. The molecule has 0 spiro atoms. The Bertz CT molecular complexity index is 707. The van der Waals surface area contributed by atoms with Crippen molar-refractivity contribution in [2.75, 3.05) is 6.54 Å². The van der Waals surface area contributed by atoms with Crippen LogP contribution in [0.2, 0.25) is 0 Å². The normalized spacial score (nSPS) is 10.8. The van der Waals surface area contributed by atoms with Crippen LogP contribution in [0.1, 0.15) is 31.5 Å². The molecule has 0 saturated heterocycles. The van der Waals surface area contributed by atoms with Gasteiger partial charge >= 0.3 is 5.97 Å². The van der Waals surface area contributed by atoms with E-state index < -0.39 is 5.97 Å². The standard InChI is InChI=1S/C18H22N2O3S/c1-12(2)20(9-8-17(22)23)16(21)10-15-11-24-18(19-15)14-6-4-13(3)5-7-14/h4-7,11-12H,8-10H2,1-3H3,(H,22,23). The van der Waals surface area contributed by atoms with Crippen LogP contribution in [0.5, 0.6) is 0 Å². The number of thiazole rings is 1. The number of rotatable bonds is 7. The van der Waals surface area contributed by atoms with Gasteiger partial charge in [0.05, 0.1) is 18.5 Å². The molecular formula is C18H22N2O3S. The number of aromatic nitrogens is 1. The van der Waals surface area contributed by atoms with Gasteiger partial charge in [0.2, 0.25) is 5.91 Å². The quantitative estimate of drug-likeness (QED) is 0.834. The average molecular weight is 346 g/mol. The van der Waals surface area contributed by atoms with Crippen molar-refractivity contribution in [3.05, 3.63) is 40.9 Å². The summed E-state index contributed by atoms with van der Waals surface area (Å²) in [6, 6.07) is 8.08. The number of carbonyl (C=O) groups excluding carboxylic acids is 1. The van der Waals surface area contributed by atoms with Gasteiger partial charge < -0.3 is 10.0 Å². The fourth-order valence-electron chi connectivity index (χ4n) is 2.36. The molecule has 0 aliphatic carbocycles. The Morgan fingerprint density at radius 1 is 1.25 bits per heavy atom. The van der Waals surface area contributed by atoms with Crippen molar-refractivity contribution in [1.29, 1.82) is 0 Å². The first-order chi connectivity index (χ1) is 11.4. The molecule has 0 radical (unpaired) electrons. The average Bonchev–Trinajstić information content (AvgIpc) is 2.95. The molecule has 0 unspecified atom stereocenters. The minimum atomic E-state index is -0.899. The number of aryl methyl sites for hydroxylation is 1. The molecule has 0 aliphatic heterocycles. The van der Waals surface area contributed by atoms with Gasteiger partial charge in [-0.25, -0.2) is 4.98 Å². The van der Waals surface area contributed by atoms with Gasteiger partial charge in [0.1, 0.15) is 5.01 Å². The van der Waals surface area contributed by atoms with E-state index in [0.717, 1.165) is 16.3 Å². The summed E-state index contributed by atoms with van der Waals surface area (Å²) in [6.45, 7) is 6.03. The topological polar surface area (TPSA) is 70.5 Å². The van der Waals surface area contributed by atoms with Gasteiger partial charge in [-0.3, -0.25) is 9.59 Å². The molecule has 5 nitrogen and oxygen atoms in total. The first-order valence-electron chi connectivity index (χ1n) is 7.89. The van der Waals surface area contributed by atoms with Crippen molar-refractivity contribution in [1.82, 2.24) is 9.88 Å². The molecule has 24 heavy (non-hydrogen) atoms. The summed E-state index contributed by atoms with van der Waals surface area (Å²) >= 11 is 1.51. The van der Waals surface area contributed by atoms with Crippen LogP contribution in [-0.2, 0) is 16.0 Å². The van der Waals surface area contributed by atoms with Crippen LogP contribution in [0.4, 0.5) is 0 Å². The van der Waals surface area contributed by atoms with E-state index in [9.17, 15) is 9.59 Å². The van der Waals surface area contributed by atoms with Gasteiger partial charge in [0.25, 0.3) is 0 Å². The lowest BCUT2D eigenvalue weighted by Crippen LogP contribution is -2.39. The van der Waals surface area contributed by atoms with Crippen molar-refractivity contribution >= 4 is 23.2 Å². The summed E-state index contributed by atoms with van der Waals surface area (Å²) in [7, 11) is 0. The number of carbonyl (C=O) groups is 2. The molecule has 1 aromatic carbocycles. The number of carboxylic acids is 1. The lowest BCUT2D eigenvalue weighted by Gasteiger charge is -2.25. The highest BCUT2D eigenvalue weighted by atomic mass is 32.1. The fraction of sp³-hybridized carbons (Fsp3) is 0.389. The Morgan fingerprint density at radius 2 is 1.92 bits per heavy atom. The van der Waals surface area contributed by atoms with E-state index in [1.807, 2.05) is 50.4 Å². The summed E-state index contributed by atoms with van der Waals surface area (Å²) in [5.41, 5.74) is 2.95. The Kier molecular flexibility index (Phi) is 6.09. The van der Waals surface area contributed by atoms with E-state index >= 15 is 0 Å². The minimum Gasteiger partial charge on any atom is -0.481 e. The first-order valence-corrected chi connectivity index (χ1v) is 8.77. The number of aliphatic carboxylic acids is 1. The summed E-state index contributed by atoms with van der Waals surface area (Å²) in [5, 5.41) is 11.6. The molecule has 128 valence electrons. The summed E-state index contributed by atoms with van der Waals surface area (Å²) in [4.78, 5) is 29.3. The number of hydrogen-bond acceptors (Lipinski definition) is 4. The molecule has 2 aromatic rings. The molecule has 2 rings (SSSR count). The molecule has 0 saturated carbocycles. The maximum absolute atomic E-state index is 12.5. The van der Waals surface area contributed by atoms with Crippen LogP contribution in [-0.4, -0.2) is 39.5 Å². The van der Waals surface area contributed by atoms with E-state index in [1.165, 1.54) is 16.9 Å². The Balaban J connectivity index is 2.05. The molecule has 0 atom stereocenters. The largest absolute Gasteiger partial charge is 0.481 e. The molecule has 0 fully saturated rings. The smallest absolute Gasteiger partial charge is 0.305 e. The Morgan fingerprint density at radius 3 is 2.50 bits per heavy atom. The van der Waals surface area contributed by atoms with Gasteiger partial charge in [0, 0.05) is 23.5 Å². The molecule has 1 amide bonds. The van der Waals surface area contributed by atoms with Gasteiger partial charge in [-0.15, -0.1) is 11.3 Å².